The molecule has 0 saturated carbocycles. The molecule has 3 aromatic rings. The van der Waals surface area contributed by atoms with E-state index in [0.717, 1.165) is 85.1 Å². The van der Waals surface area contributed by atoms with Crippen molar-refractivity contribution in [2.24, 2.45) is 11.1 Å². The van der Waals surface area contributed by atoms with Crippen LogP contribution in [0.4, 0.5) is 0 Å². The topological polar surface area (TPSA) is 169 Å². The van der Waals surface area contributed by atoms with Crippen molar-refractivity contribution in [3.05, 3.63) is 77.0 Å². The summed E-state index contributed by atoms with van der Waals surface area (Å²) in [6.45, 7) is 11.5. The summed E-state index contributed by atoms with van der Waals surface area (Å²) < 4.78 is 30.8. The van der Waals surface area contributed by atoms with Crippen LogP contribution in [0.15, 0.2) is 54.7 Å². The number of fused-ring (bicyclic) bond motifs is 1. The second-order valence-corrected chi connectivity index (χ2v) is 16.2. The fourth-order valence-electron chi connectivity index (χ4n) is 9.07. The van der Waals surface area contributed by atoms with Crippen LogP contribution in [0.5, 0.6) is 0 Å². The smallest absolute Gasteiger partial charge is 0.303 e. The molecule has 3 aliphatic heterocycles. The van der Waals surface area contributed by atoms with Crippen LogP contribution in [-0.2, 0) is 54.1 Å². The highest BCUT2D eigenvalue weighted by Gasteiger charge is 2.53. The van der Waals surface area contributed by atoms with E-state index in [0.29, 0.717) is 11.8 Å². The second kappa shape index (κ2) is 19.3. The van der Waals surface area contributed by atoms with Gasteiger partial charge in [-0.3, -0.25) is 24.0 Å². The summed E-state index contributed by atoms with van der Waals surface area (Å²) in [5.41, 5.74) is 10.9. The summed E-state index contributed by atoms with van der Waals surface area (Å²) in [4.78, 5) is 65.8. The van der Waals surface area contributed by atoms with Gasteiger partial charge in [-0.25, -0.2) is 0 Å². The van der Waals surface area contributed by atoms with Crippen LogP contribution in [0, 0.1) is 12.3 Å². The lowest BCUT2D eigenvalue weighted by molar-refractivity contribution is -0.267. The number of rotatable bonds is 13. The normalized spacial score (nSPS) is 23.3. The molecule has 0 bridgehead atoms. The number of nitrogens with zero attached hydrogens (tertiary/aromatic N) is 3. The van der Waals surface area contributed by atoms with Crippen LogP contribution in [0.25, 0.3) is 17.0 Å². The summed E-state index contributed by atoms with van der Waals surface area (Å²) in [6.07, 6.45) is 6.53. The molecule has 0 radical (unpaired) electrons. The Labute approximate surface area is 345 Å². The molecule has 1 aromatic heterocycles. The number of hydrogen-bond acceptors (Lipinski definition) is 12. The summed E-state index contributed by atoms with van der Waals surface area (Å²) in [5, 5.41) is 0.985. The molecule has 1 amide bonds. The highest BCUT2D eigenvalue weighted by atomic mass is 16.7. The van der Waals surface area contributed by atoms with Gasteiger partial charge in [0.25, 0.3) is 0 Å². The number of amides is 1. The van der Waals surface area contributed by atoms with Crippen LogP contribution in [-0.4, -0.2) is 114 Å². The lowest BCUT2D eigenvalue weighted by atomic mass is 9.72. The molecule has 14 heteroatoms. The van der Waals surface area contributed by atoms with Gasteiger partial charge in [0.15, 0.2) is 24.5 Å². The molecule has 3 aliphatic rings. The maximum absolute atomic E-state index is 12.6. The predicted octanol–water partition coefficient (Wildman–Crippen LogP) is 4.86. The predicted molar refractivity (Wildman–Crippen MR) is 220 cm³/mol. The zero-order valence-corrected chi connectivity index (χ0v) is 34.9. The van der Waals surface area contributed by atoms with E-state index >= 15 is 0 Å². The van der Waals surface area contributed by atoms with Crippen LogP contribution in [0.3, 0.4) is 0 Å². The standard InChI is InChI=1S/C45H58N4O10/c1-29-10-8-12-37-40(29)36(26-49(37)44-43(58-33(5)53)42(57-32(4)52)41(56-31(3)51)38(59-44)27-55-30(2)50)24-35-15-13-34(14-16-35)11-6-7-20-47-21-9-17-45(28-47)18-22-48(23-19-45)39(54)25-46/h6,8,10-16,26,38,41-44H,7,9,17-25,27-28,46H2,1-5H3. The van der Waals surface area contributed by atoms with Crippen molar-refractivity contribution < 1.29 is 47.7 Å². The van der Waals surface area contributed by atoms with Gasteiger partial charge >= 0.3 is 23.9 Å². The molecule has 2 N–H and O–H groups in total. The van der Waals surface area contributed by atoms with Gasteiger partial charge in [-0.1, -0.05) is 48.6 Å². The molecule has 5 atom stereocenters. The largest absolute Gasteiger partial charge is 0.463 e. The lowest BCUT2D eigenvalue weighted by Gasteiger charge is -2.47. The minimum absolute atomic E-state index is 0.0525. The molecule has 4 heterocycles. The highest BCUT2D eigenvalue weighted by Crippen LogP contribution is 2.41. The number of benzene rings is 2. The van der Waals surface area contributed by atoms with Crippen molar-refractivity contribution in [3.63, 3.8) is 0 Å². The Kier molecular flexibility index (Phi) is 14.3. The molecule has 3 fully saturated rings. The average molecular weight is 815 g/mol. The number of aryl methyl sites for hydroxylation is 1. The lowest BCUT2D eigenvalue weighted by Crippen LogP contribution is -2.60. The maximum atomic E-state index is 12.6. The van der Waals surface area contributed by atoms with Gasteiger partial charge in [0.05, 0.1) is 12.1 Å². The minimum Gasteiger partial charge on any atom is -0.463 e. The summed E-state index contributed by atoms with van der Waals surface area (Å²) in [7, 11) is 0. The van der Waals surface area contributed by atoms with Crippen molar-refractivity contribution >= 4 is 46.8 Å². The van der Waals surface area contributed by atoms with E-state index in [1.807, 2.05) is 40.8 Å². The van der Waals surface area contributed by atoms with Crippen LogP contribution in [0.1, 0.15) is 88.3 Å². The quantitative estimate of drug-likeness (QED) is 0.184. The number of esters is 4. The fourth-order valence-corrected chi connectivity index (χ4v) is 9.07. The Morgan fingerprint density at radius 1 is 0.847 bits per heavy atom. The molecule has 5 unspecified atom stereocenters. The monoisotopic (exact) mass is 814 g/mol. The third-order valence-corrected chi connectivity index (χ3v) is 11.8. The Morgan fingerprint density at radius 2 is 1.53 bits per heavy atom. The van der Waals surface area contributed by atoms with E-state index in [-0.39, 0.29) is 19.1 Å². The molecule has 2 aromatic carbocycles. The first-order valence-electron chi connectivity index (χ1n) is 20.6. The molecule has 0 aliphatic carbocycles. The molecule has 318 valence electrons. The first-order chi connectivity index (χ1) is 28.3. The Morgan fingerprint density at radius 3 is 2.19 bits per heavy atom. The minimum atomic E-state index is -1.28. The molecule has 14 nitrogen and oxygen atoms in total. The van der Waals surface area contributed by atoms with Crippen LogP contribution >= 0.6 is 0 Å². The highest BCUT2D eigenvalue weighted by molar-refractivity contribution is 5.88. The van der Waals surface area contributed by atoms with E-state index in [4.69, 9.17) is 29.4 Å². The van der Waals surface area contributed by atoms with E-state index in [2.05, 4.69) is 41.3 Å². The number of ether oxygens (including phenoxy) is 5. The number of piperidine rings is 2. The number of nitrogens with two attached hydrogens (primary N) is 1. The summed E-state index contributed by atoms with van der Waals surface area (Å²) in [6, 6.07) is 14.3. The van der Waals surface area contributed by atoms with E-state index < -0.39 is 54.5 Å². The van der Waals surface area contributed by atoms with Gasteiger partial charge in [-0.2, -0.15) is 0 Å². The summed E-state index contributed by atoms with van der Waals surface area (Å²) in [5.74, 6) is -2.55. The molecule has 6 rings (SSSR count). The Balaban J connectivity index is 1.18. The average Bonchev–Trinajstić information content (AvgIpc) is 3.56. The summed E-state index contributed by atoms with van der Waals surface area (Å²) >= 11 is 0. The zero-order chi connectivity index (χ0) is 42.3. The van der Waals surface area contributed by atoms with Crippen LogP contribution < -0.4 is 5.73 Å². The van der Waals surface area contributed by atoms with Crippen molar-refractivity contribution in [3.8, 4) is 0 Å². The van der Waals surface area contributed by atoms with Crippen molar-refractivity contribution in [2.45, 2.75) is 104 Å². The number of likely N-dealkylation sites (tertiary alicyclic amines) is 2. The second-order valence-electron chi connectivity index (χ2n) is 16.2. The molecule has 59 heavy (non-hydrogen) atoms. The van der Waals surface area contributed by atoms with Gasteiger partial charge in [-0.05, 0) is 85.7 Å². The van der Waals surface area contributed by atoms with Gasteiger partial charge < -0.3 is 43.8 Å². The van der Waals surface area contributed by atoms with E-state index in [1.54, 1.807) is 0 Å². The Bertz CT molecular complexity index is 2020. The van der Waals surface area contributed by atoms with Crippen molar-refractivity contribution in [1.82, 2.24) is 14.4 Å². The SMILES string of the molecule is CC(=O)OCC1OC(n2cc(Cc3ccc(C=CCCN4CCCC5(CCN(C(=O)CN)CC5)C4)cc3)c3c(C)cccc32)C(OC(C)=O)C(OC(C)=O)C1OC(C)=O. The van der Waals surface area contributed by atoms with Crippen LogP contribution in [0.2, 0.25) is 0 Å². The van der Waals surface area contributed by atoms with E-state index in [1.165, 1.54) is 40.5 Å². The maximum Gasteiger partial charge on any atom is 0.303 e. The third-order valence-electron chi connectivity index (χ3n) is 11.8. The zero-order valence-electron chi connectivity index (χ0n) is 34.9. The van der Waals surface area contributed by atoms with Gasteiger partial charge in [0.1, 0.15) is 12.7 Å². The molecular weight excluding hydrogens is 757 g/mol. The number of hydrogen-bond donors (Lipinski definition) is 1. The first-order valence-corrected chi connectivity index (χ1v) is 20.6. The molecule has 1 spiro atoms. The molecular formula is C45H58N4O10. The van der Waals surface area contributed by atoms with E-state index in [9.17, 15) is 24.0 Å². The van der Waals surface area contributed by atoms with Crippen molar-refractivity contribution in [1.29, 1.82) is 0 Å². The van der Waals surface area contributed by atoms with Gasteiger partial charge in [0, 0.05) is 65.5 Å². The number of carbonyl (C=O) groups is 5. The first kappa shape index (κ1) is 43.5. The third kappa shape index (κ3) is 10.8. The number of aromatic nitrogens is 1. The number of carbonyl (C=O) groups excluding carboxylic acids is 5. The van der Waals surface area contributed by atoms with Gasteiger partial charge in [0.2, 0.25) is 5.91 Å². The molecule has 3 saturated heterocycles. The van der Waals surface area contributed by atoms with Gasteiger partial charge in [-0.15, -0.1) is 0 Å². The Hall–Kier alpha value is -5.05. The fraction of sp³-hybridized carbons (Fsp3) is 0.533. The van der Waals surface area contributed by atoms with Crippen molar-refractivity contribution in [2.75, 3.05) is 45.9 Å².